The molecule has 0 aliphatic carbocycles. The lowest BCUT2D eigenvalue weighted by Crippen LogP contribution is -2.33. The van der Waals surface area contributed by atoms with Gasteiger partial charge in [-0.3, -0.25) is 4.57 Å². The Morgan fingerprint density at radius 2 is 1.79 bits per heavy atom. The van der Waals surface area contributed by atoms with Crippen LogP contribution in [0.4, 0.5) is 8.78 Å². The zero-order valence-electron chi connectivity index (χ0n) is 11.6. The molecule has 0 amide bonds. The summed E-state index contributed by atoms with van der Waals surface area (Å²) in [6.07, 6.45) is 1.44. The Morgan fingerprint density at radius 3 is 2.16 bits per heavy atom. The van der Waals surface area contributed by atoms with Crippen LogP contribution in [0.1, 0.15) is 27.7 Å². The Balaban J connectivity index is 5.14. The van der Waals surface area contributed by atoms with E-state index in [0.29, 0.717) is 0 Å². The van der Waals surface area contributed by atoms with Crippen LogP contribution in [0.5, 0.6) is 0 Å². The number of aliphatic hydroxyl groups excluding tert-OH is 1. The van der Waals surface area contributed by atoms with Crippen molar-refractivity contribution in [3.8, 4) is 0 Å². The zero-order valence-corrected chi connectivity index (χ0v) is 12.5. The summed E-state index contributed by atoms with van der Waals surface area (Å²) in [6.45, 7) is 6.01. The molecule has 1 unspecified atom stereocenters. The highest BCUT2D eigenvalue weighted by molar-refractivity contribution is 7.55. The molecule has 0 aromatic heterocycles. The fraction of sp³-hybridized carbons (Fsp3) is 0.667. The van der Waals surface area contributed by atoms with E-state index in [-0.39, 0.29) is 13.2 Å². The summed E-state index contributed by atoms with van der Waals surface area (Å²) < 4.78 is 48.9. The molecule has 0 rings (SSSR count). The minimum atomic E-state index is -4.70. The minimum Gasteiger partial charge on any atom is -0.382 e. The fourth-order valence-electron chi connectivity index (χ4n) is 1.18. The van der Waals surface area contributed by atoms with E-state index in [9.17, 15) is 18.5 Å². The number of hydrogen-bond donors (Lipinski definition) is 1. The largest absolute Gasteiger partial charge is 0.402 e. The van der Waals surface area contributed by atoms with E-state index in [1.54, 1.807) is 19.9 Å². The summed E-state index contributed by atoms with van der Waals surface area (Å²) in [5.74, 6) is 0. The van der Waals surface area contributed by atoms with E-state index in [4.69, 9.17) is 0 Å². The van der Waals surface area contributed by atoms with Crippen molar-refractivity contribution in [2.45, 2.75) is 39.5 Å². The molecule has 1 atom stereocenters. The number of hydrogen-bond acceptors (Lipinski definition) is 4. The van der Waals surface area contributed by atoms with Gasteiger partial charge in [0.1, 0.15) is 6.10 Å². The Labute approximate surface area is 112 Å². The molecule has 0 heterocycles. The second-order valence-electron chi connectivity index (χ2n) is 3.99. The van der Waals surface area contributed by atoms with E-state index >= 15 is 0 Å². The molecule has 0 saturated heterocycles. The van der Waals surface area contributed by atoms with Crippen LogP contribution in [-0.2, 0) is 13.6 Å². The molecule has 0 saturated carbocycles. The van der Waals surface area contributed by atoms with Gasteiger partial charge in [-0.1, -0.05) is 17.7 Å². The molecule has 4 nitrogen and oxygen atoms in total. The van der Waals surface area contributed by atoms with Gasteiger partial charge < -0.3 is 14.2 Å². The maximum Gasteiger partial charge on any atom is 0.402 e. The standard InChI is InChI=1S/C12H21F2O4P/c1-5-17-19(16,18-6-2)12(13,14)11(15)9-7-8-10(3)4/h7-9,11,15H,5-6H2,1-4H3/b9-7+. The average Bonchev–Trinajstić information content (AvgIpc) is 2.28. The first-order valence-electron chi connectivity index (χ1n) is 5.98. The summed E-state index contributed by atoms with van der Waals surface area (Å²) in [4.78, 5) is 0. The monoisotopic (exact) mass is 298 g/mol. The van der Waals surface area contributed by atoms with Crippen molar-refractivity contribution in [1.29, 1.82) is 0 Å². The van der Waals surface area contributed by atoms with Crippen LogP contribution in [0, 0.1) is 0 Å². The van der Waals surface area contributed by atoms with Crippen LogP contribution in [-0.4, -0.2) is 30.1 Å². The van der Waals surface area contributed by atoms with Gasteiger partial charge in [0.2, 0.25) is 0 Å². The SMILES string of the molecule is CCOP(=O)(OCC)C(F)(F)C(O)/C=C/C=C(C)C. The van der Waals surface area contributed by atoms with Gasteiger partial charge in [-0.05, 0) is 33.8 Å². The lowest BCUT2D eigenvalue weighted by molar-refractivity contribution is -0.0435. The number of aliphatic hydroxyl groups is 1. The van der Waals surface area contributed by atoms with E-state index in [1.165, 1.54) is 19.9 Å². The van der Waals surface area contributed by atoms with Crippen LogP contribution >= 0.6 is 7.60 Å². The van der Waals surface area contributed by atoms with Crippen LogP contribution in [0.3, 0.4) is 0 Å². The van der Waals surface area contributed by atoms with Gasteiger partial charge in [0.05, 0.1) is 13.2 Å². The highest BCUT2D eigenvalue weighted by Gasteiger charge is 2.57. The normalized spacial score (nSPS) is 14.7. The van der Waals surface area contributed by atoms with Crippen molar-refractivity contribution in [3.63, 3.8) is 0 Å². The van der Waals surface area contributed by atoms with Crippen molar-refractivity contribution in [1.82, 2.24) is 0 Å². The van der Waals surface area contributed by atoms with E-state index in [0.717, 1.165) is 11.6 Å². The van der Waals surface area contributed by atoms with E-state index in [2.05, 4.69) is 9.05 Å². The highest BCUT2D eigenvalue weighted by Crippen LogP contribution is 2.63. The summed E-state index contributed by atoms with van der Waals surface area (Å²) in [5.41, 5.74) is -3.12. The molecule has 0 aromatic carbocycles. The zero-order chi connectivity index (χ0) is 15.1. The lowest BCUT2D eigenvalue weighted by Gasteiger charge is -2.27. The third-order valence-corrected chi connectivity index (χ3v) is 4.23. The molecule has 0 aliphatic heterocycles. The summed E-state index contributed by atoms with van der Waals surface area (Å²) >= 11 is 0. The van der Waals surface area contributed by atoms with Crippen LogP contribution in [0.25, 0.3) is 0 Å². The van der Waals surface area contributed by atoms with Gasteiger partial charge in [0, 0.05) is 0 Å². The van der Waals surface area contributed by atoms with Crippen molar-refractivity contribution in [2.75, 3.05) is 13.2 Å². The van der Waals surface area contributed by atoms with Gasteiger partial charge in [-0.2, -0.15) is 8.78 Å². The predicted molar refractivity (Wildman–Crippen MR) is 70.4 cm³/mol. The Bertz CT molecular complexity index is 366. The molecule has 0 spiro atoms. The van der Waals surface area contributed by atoms with Crippen molar-refractivity contribution >= 4 is 7.60 Å². The number of halogens is 2. The van der Waals surface area contributed by atoms with E-state index < -0.39 is 19.4 Å². The first-order chi connectivity index (χ1) is 8.71. The summed E-state index contributed by atoms with van der Waals surface area (Å²) in [7, 11) is -4.70. The third-order valence-electron chi connectivity index (χ3n) is 2.04. The van der Waals surface area contributed by atoms with E-state index in [1.807, 2.05) is 0 Å². The van der Waals surface area contributed by atoms with Crippen LogP contribution in [0.15, 0.2) is 23.8 Å². The quantitative estimate of drug-likeness (QED) is 0.548. The lowest BCUT2D eigenvalue weighted by atomic mass is 10.2. The first kappa shape index (κ1) is 18.4. The maximum absolute atomic E-state index is 13.9. The van der Waals surface area contributed by atoms with Gasteiger partial charge in [0.25, 0.3) is 0 Å². The summed E-state index contributed by atoms with van der Waals surface area (Å²) in [5, 5.41) is 9.48. The van der Waals surface area contributed by atoms with Crippen LogP contribution in [0.2, 0.25) is 0 Å². The van der Waals surface area contributed by atoms with Gasteiger partial charge >= 0.3 is 13.3 Å². The second-order valence-corrected chi connectivity index (χ2v) is 6.10. The molecule has 0 fully saturated rings. The van der Waals surface area contributed by atoms with Crippen molar-refractivity contribution in [2.24, 2.45) is 0 Å². The highest BCUT2D eigenvalue weighted by atomic mass is 31.2. The molecule has 0 bridgehead atoms. The Kier molecular flexibility index (Phi) is 7.67. The molecular formula is C12H21F2O4P. The fourth-order valence-corrected chi connectivity index (χ4v) is 2.69. The second kappa shape index (κ2) is 7.90. The molecule has 0 aliphatic rings. The van der Waals surface area contributed by atoms with Crippen LogP contribution < -0.4 is 0 Å². The molecule has 7 heteroatoms. The van der Waals surface area contributed by atoms with Gasteiger partial charge in [-0.15, -0.1) is 0 Å². The maximum atomic E-state index is 13.9. The molecule has 112 valence electrons. The van der Waals surface area contributed by atoms with Gasteiger partial charge in [0.15, 0.2) is 0 Å². The number of rotatable bonds is 8. The molecule has 0 aromatic rings. The molecular weight excluding hydrogens is 277 g/mol. The Hall–Kier alpha value is -0.550. The van der Waals surface area contributed by atoms with Crippen molar-refractivity contribution in [3.05, 3.63) is 23.8 Å². The summed E-state index contributed by atoms with van der Waals surface area (Å²) in [6, 6.07) is 0. The number of allylic oxidation sites excluding steroid dienone is 3. The first-order valence-corrected chi connectivity index (χ1v) is 7.52. The minimum absolute atomic E-state index is 0.197. The number of alkyl halides is 2. The third kappa shape index (κ3) is 5.15. The Morgan fingerprint density at radius 1 is 1.32 bits per heavy atom. The molecule has 1 N–H and O–H groups in total. The molecule has 19 heavy (non-hydrogen) atoms. The molecule has 0 radical (unpaired) electrons. The van der Waals surface area contributed by atoms with Gasteiger partial charge in [-0.25, -0.2) is 0 Å². The average molecular weight is 298 g/mol. The predicted octanol–water partition coefficient (Wildman–Crippen LogP) is 3.73. The smallest absolute Gasteiger partial charge is 0.382 e. The topological polar surface area (TPSA) is 55.8 Å². The van der Waals surface area contributed by atoms with Crippen molar-refractivity contribution < 1.29 is 27.5 Å².